The molecule has 34 heavy (non-hydrogen) atoms. The Bertz CT molecular complexity index is 2010. The van der Waals surface area contributed by atoms with Crippen LogP contribution in [0.2, 0.25) is 0 Å². The van der Waals surface area contributed by atoms with Gasteiger partial charge in [-0.25, -0.2) is 0 Å². The Morgan fingerprint density at radius 3 is 2.21 bits per heavy atom. The first kappa shape index (κ1) is 17.9. The first-order valence-electron chi connectivity index (χ1n) is 11.6. The van der Waals surface area contributed by atoms with Gasteiger partial charge in [-0.2, -0.15) is 0 Å². The summed E-state index contributed by atoms with van der Waals surface area (Å²) >= 11 is 0. The molecule has 0 spiro atoms. The van der Waals surface area contributed by atoms with E-state index in [0.29, 0.717) is 0 Å². The Labute approximate surface area is 195 Å². The third-order valence-electron chi connectivity index (χ3n) is 7.12. The number of benzene rings is 6. The van der Waals surface area contributed by atoms with Crippen molar-refractivity contribution < 1.29 is 4.42 Å². The van der Waals surface area contributed by atoms with E-state index in [1.54, 1.807) is 0 Å². The molecule has 0 aliphatic carbocycles. The van der Waals surface area contributed by atoms with E-state index in [4.69, 9.17) is 4.42 Å². The number of para-hydroxylation sites is 2. The quantitative estimate of drug-likeness (QED) is 0.249. The summed E-state index contributed by atoms with van der Waals surface area (Å²) in [7, 11) is 0. The molecule has 0 amide bonds. The van der Waals surface area contributed by atoms with Crippen molar-refractivity contribution in [2.24, 2.45) is 0 Å². The van der Waals surface area contributed by atoms with E-state index >= 15 is 0 Å². The average Bonchev–Trinajstić information content (AvgIpc) is 3.44. The van der Waals surface area contributed by atoms with Gasteiger partial charge in [0.05, 0.1) is 11.0 Å². The van der Waals surface area contributed by atoms with Crippen LogP contribution in [-0.4, -0.2) is 4.57 Å². The minimum absolute atomic E-state index is 0.926. The topological polar surface area (TPSA) is 18.1 Å². The van der Waals surface area contributed by atoms with Gasteiger partial charge in [0.2, 0.25) is 0 Å². The monoisotopic (exact) mass is 433 g/mol. The Balaban J connectivity index is 1.48. The maximum Gasteiger partial charge on any atom is 0.135 e. The van der Waals surface area contributed by atoms with E-state index < -0.39 is 0 Å². The summed E-state index contributed by atoms with van der Waals surface area (Å²) in [4.78, 5) is 0. The predicted octanol–water partition coefficient (Wildman–Crippen LogP) is 8.94. The van der Waals surface area contributed by atoms with Crippen LogP contribution >= 0.6 is 0 Å². The smallest absolute Gasteiger partial charge is 0.135 e. The fraction of sp³-hybridized carbons (Fsp3) is 0. The summed E-state index contributed by atoms with van der Waals surface area (Å²) in [5.74, 6) is 0. The van der Waals surface area contributed by atoms with E-state index in [9.17, 15) is 0 Å². The second-order valence-corrected chi connectivity index (χ2v) is 9.01. The summed E-state index contributed by atoms with van der Waals surface area (Å²) in [5.41, 5.74) is 7.93. The molecule has 0 unspecified atom stereocenters. The lowest BCUT2D eigenvalue weighted by molar-refractivity contribution is 0.669. The SMILES string of the molecule is c1ccc(-n2c3cccc4ccc5cc(-c6ccc7oc8ccccc8c7c6)cc2c5c43)cc1. The van der Waals surface area contributed by atoms with Crippen LogP contribution in [-0.2, 0) is 0 Å². The van der Waals surface area contributed by atoms with Crippen molar-refractivity contribution in [2.75, 3.05) is 0 Å². The molecule has 0 radical (unpaired) electrons. The minimum atomic E-state index is 0.926. The summed E-state index contributed by atoms with van der Waals surface area (Å²) in [6.07, 6.45) is 0. The Morgan fingerprint density at radius 1 is 0.471 bits per heavy atom. The average molecular weight is 434 g/mol. The molecule has 0 aliphatic rings. The van der Waals surface area contributed by atoms with Crippen molar-refractivity contribution in [3.63, 3.8) is 0 Å². The summed E-state index contributed by atoms with van der Waals surface area (Å²) in [6.45, 7) is 0. The number of rotatable bonds is 2. The highest BCUT2D eigenvalue weighted by atomic mass is 16.3. The van der Waals surface area contributed by atoms with Gasteiger partial charge < -0.3 is 8.98 Å². The Hall–Kier alpha value is -4.56. The molecule has 158 valence electrons. The van der Waals surface area contributed by atoms with Crippen LogP contribution in [0.5, 0.6) is 0 Å². The van der Waals surface area contributed by atoms with Crippen LogP contribution in [0.15, 0.2) is 120 Å². The summed E-state index contributed by atoms with van der Waals surface area (Å²) < 4.78 is 8.47. The van der Waals surface area contributed by atoms with Crippen molar-refractivity contribution in [2.45, 2.75) is 0 Å². The summed E-state index contributed by atoms with van der Waals surface area (Å²) in [6, 6.07) is 41.2. The van der Waals surface area contributed by atoms with Crippen LogP contribution in [0.3, 0.4) is 0 Å². The number of aromatic nitrogens is 1. The van der Waals surface area contributed by atoms with E-state index in [2.05, 4.69) is 108 Å². The van der Waals surface area contributed by atoms with Gasteiger partial charge in [0.1, 0.15) is 11.2 Å². The van der Waals surface area contributed by atoms with E-state index in [-0.39, 0.29) is 0 Å². The molecule has 8 aromatic rings. The lowest BCUT2D eigenvalue weighted by Crippen LogP contribution is -1.93. The molecule has 2 aromatic heterocycles. The summed E-state index contributed by atoms with van der Waals surface area (Å²) in [5, 5.41) is 7.52. The molecule has 0 saturated heterocycles. The molecule has 0 atom stereocenters. The third kappa shape index (κ3) is 2.35. The van der Waals surface area contributed by atoms with Crippen LogP contribution in [0, 0.1) is 0 Å². The van der Waals surface area contributed by atoms with Gasteiger partial charge in [-0.15, -0.1) is 0 Å². The highest BCUT2D eigenvalue weighted by Crippen LogP contribution is 2.41. The second-order valence-electron chi connectivity index (χ2n) is 9.01. The number of hydrogen-bond donors (Lipinski definition) is 0. The van der Waals surface area contributed by atoms with Crippen molar-refractivity contribution >= 4 is 54.5 Å². The van der Waals surface area contributed by atoms with Crippen molar-refractivity contribution in [1.29, 1.82) is 0 Å². The molecule has 0 bridgehead atoms. The molecular formula is C32H19NO. The van der Waals surface area contributed by atoms with Crippen molar-refractivity contribution in [3.05, 3.63) is 115 Å². The molecule has 0 saturated carbocycles. The molecule has 2 heteroatoms. The van der Waals surface area contributed by atoms with Crippen molar-refractivity contribution in [1.82, 2.24) is 4.57 Å². The molecule has 2 nitrogen and oxygen atoms in total. The van der Waals surface area contributed by atoms with Gasteiger partial charge in [0.25, 0.3) is 0 Å². The largest absolute Gasteiger partial charge is 0.456 e. The lowest BCUT2D eigenvalue weighted by Gasteiger charge is -2.10. The molecular weight excluding hydrogens is 414 g/mol. The molecule has 0 aliphatic heterocycles. The van der Waals surface area contributed by atoms with Crippen molar-refractivity contribution in [3.8, 4) is 16.8 Å². The van der Waals surface area contributed by atoms with E-state index in [0.717, 1.165) is 21.9 Å². The van der Waals surface area contributed by atoms with Gasteiger partial charge >= 0.3 is 0 Å². The number of nitrogens with zero attached hydrogens (tertiary/aromatic N) is 1. The van der Waals surface area contributed by atoms with Crippen LogP contribution in [0.25, 0.3) is 71.3 Å². The number of furan rings is 1. The van der Waals surface area contributed by atoms with Gasteiger partial charge in [0.15, 0.2) is 0 Å². The molecule has 6 aromatic carbocycles. The maximum absolute atomic E-state index is 6.07. The van der Waals surface area contributed by atoms with Gasteiger partial charge in [-0.05, 0) is 70.4 Å². The standard InChI is InChI=1S/C32H19NO/c1-2-8-24(9-3-1)33-27-11-6-7-20-13-14-22-17-23(19-28(33)32(22)31(20)27)21-15-16-30-26(18-21)25-10-4-5-12-29(25)34-30/h1-19H. The zero-order valence-electron chi connectivity index (χ0n) is 18.3. The third-order valence-corrected chi connectivity index (χ3v) is 7.12. The molecule has 0 fully saturated rings. The Kier molecular flexibility index (Phi) is 3.42. The fourth-order valence-corrected chi connectivity index (χ4v) is 5.62. The normalized spacial score (nSPS) is 12.1. The van der Waals surface area contributed by atoms with Gasteiger partial charge in [-0.1, -0.05) is 66.7 Å². The minimum Gasteiger partial charge on any atom is -0.456 e. The highest BCUT2D eigenvalue weighted by molar-refractivity contribution is 6.25. The molecule has 0 N–H and O–H groups in total. The maximum atomic E-state index is 6.07. The second kappa shape index (κ2) is 6.49. The zero-order valence-corrected chi connectivity index (χ0v) is 18.3. The Morgan fingerprint density at radius 2 is 1.26 bits per heavy atom. The van der Waals surface area contributed by atoms with Crippen LogP contribution in [0.1, 0.15) is 0 Å². The van der Waals surface area contributed by atoms with E-state index in [1.165, 1.54) is 49.4 Å². The lowest BCUT2D eigenvalue weighted by atomic mass is 9.96. The zero-order chi connectivity index (χ0) is 22.2. The predicted molar refractivity (Wildman–Crippen MR) is 142 cm³/mol. The first-order valence-corrected chi connectivity index (χ1v) is 11.6. The van der Waals surface area contributed by atoms with Crippen LogP contribution in [0.4, 0.5) is 0 Å². The fourth-order valence-electron chi connectivity index (χ4n) is 5.62. The highest BCUT2D eigenvalue weighted by Gasteiger charge is 2.18. The van der Waals surface area contributed by atoms with Gasteiger partial charge in [0, 0.05) is 27.2 Å². The van der Waals surface area contributed by atoms with E-state index in [1.807, 2.05) is 12.1 Å². The van der Waals surface area contributed by atoms with Gasteiger partial charge in [-0.3, -0.25) is 0 Å². The molecule has 2 heterocycles. The number of fused-ring (bicyclic) bond motifs is 3. The molecule has 8 rings (SSSR count). The number of hydrogen-bond acceptors (Lipinski definition) is 1. The first-order chi connectivity index (χ1) is 16.8. The van der Waals surface area contributed by atoms with Crippen LogP contribution < -0.4 is 0 Å².